The fourth-order valence-corrected chi connectivity index (χ4v) is 2.62. The molecule has 0 saturated heterocycles. The lowest BCUT2D eigenvalue weighted by Gasteiger charge is -2.07. The highest BCUT2D eigenvalue weighted by Crippen LogP contribution is 2.34. The minimum atomic E-state index is 0.444. The van der Waals surface area contributed by atoms with E-state index in [0.29, 0.717) is 6.04 Å². The van der Waals surface area contributed by atoms with Crippen LogP contribution in [0.2, 0.25) is 5.02 Å². The summed E-state index contributed by atoms with van der Waals surface area (Å²) in [5, 5.41) is 5.32. The third-order valence-electron chi connectivity index (χ3n) is 3.34. The molecule has 0 bridgehead atoms. The summed E-state index contributed by atoms with van der Waals surface area (Å²) in [5.74, 6) is 1.03. The highest BCUT2D eigenvalue weighted by molar-refractivity contribution is 6.35. The van der Waals surface area contributed by atoms with Crippen molar-refractivity contribution in [1.82, 2.24) is 5.32 Å². The van der Waals surface area contributed by atoms with Gasteiger partial charge in [0, 0.05) is 17.0 Å². The van der Waals surface area contributed by atoms with Crippen LogP contribution >= 0.6 is 11.6 Å². The normalized spacial score (nSPS) is 11.7. The molecule has 0 unspecified atom stereocenters. The smallest absolute Gasteiger partial charge is 0.139 e. The summed E-state index contributed by atoms with van der Waals surface area (Å²) in [6.07, 6.45) is 2.10. The summed E-state index contributed by atoms with van der Waals surface area (Å²) < 4.78 is 6.07. The zero-order valence-electron chi connectivity index (χ0n) is 12.1. The summed E-state index contributed by atoms with van der Waals surface area (Å²) in [6, 6.07) is 4.43. The number of furan rings is 1. The lowest BCUT2D eigenvalue weighted by molar-refractivity contribution is 0.482. The summed E-state index contributed by atoms with van der Waals surface area (Å²) in [7, 11) is 0. The molecule has 0 spiro atoms. The van der Waals surface area contributed by atoms with E-state index in [4.69, 9.17) is 16.0 Å². The van der Waals surface area contributed by atoms with Gasteiger partial charge in [-0.15, -0.1) is 0 Å². The first-order valence-corrected chi connectivity index (χ1v) is 7.35. The number of fused-ring (bicyclic) bond motifs is 1. The fourth-order valence-electron chi connectivity index (χ4n) is 2.35. The van der Waals surface area contributed by atoms with Crippen molar-refractivity contribution in [2.75, 3.05) is 0 Å². The third kappa shape index (κ3) is 2.96. The van der Waals surface area contributed by atoms with Crippen molar-refractivity contribution in [3.05, 3.63) is 34.0 Å². The van der Waals surface area contributed by atoms with Gasteiger partial charge in [-0.2, -0.15) is 0 Å². The maximum Gasteiger partial charge on any atom is 0.139 e. The van der Waals surface area contributed by atoms with Gasteiger partial charge in [-0.1, -0.05) is 44.9 Å². The molecular formula is C16H22ClNO. The van der Waals surface area contributed by atoms with E-state index in [9.17, 15) is 0 Å². The Balaban J connectivity index is 2.53. The Morgan fingerprint density at radius 1 is 1.32 bits per heavy atom. The molecule has 2 rings (SSSR count). The Bertz CT molecular complexity index is 572. The van der Waals surface area contributed by atoms with Gasteiger partial charge in [-0.3, -0.25) is 0 Å². The van der Waals surface area contributed by atoms with Crippen LogP contribution in [0.4, 0.5) is 0 Å². The predicted octanol–water partition coefficient (Wildman–Crippen LogP) is 4.85. The summed E-state index contributed by atoms with van der Waals surface area (Å²) in [5.41, 5.74) is 3.35. The van der Waals surface area contributed by atoms with Crippen LogP contribution in [0, 0.1) is 6.92 Å². The molecular weight excluding hydrogens is 258 g/mol. The maximum atomic E-state index is 6.37. The number of nitrogens with one attached hydrogen (secondary N) is 1. The van der Waals surface area contributed by atoms with E-state index < -0.39 is 0 Å². The monoisotopic (exact) mass is 279 g/mol. The molecule has 104 valence electrons. The molecule has 0 radical (unpaired) electrons. The van der Waals surface area contributed by atoms with Gasteiger partial charge in [0.2, 0.25) is 0 Å². The first-order chi connectivity index (χ1) is 9.04. The second kappa shape index (κ2) is 5.98. The molecule has 0 aliphatic rings. The van der Waals surface area contributed by atoms with Gasteiger partial charge in [0.05, 0.1) is 11.6 Å². The van der Waals surface area contributed by atoms with E-state index in [1.165, 1.54) is 5.56 Å². The molecule has 19 heavy (non-hydrogen) atoms. The van der Waals surface area contributed by atoms with Crippen LogP contribution in [-0.2, 0) is 13.0 Å². The number of benzene rings is 1. The van der Waals surface area contributed by atoms with Crippen molar-refractivity contribution >= 4 is 22.6 Å². The molecule has 0 fully saturated rings. The van der Waals surface area contributed by atoms with E-state index in [1.54, 1.807) is 0 Å². The van der Waals surface area contributed by atoms with Crippen LogP contribution in [0.15, 0.2) is 16.5 Å². The van der Waals surface area contributed by atoms with Crippen molar-refractivity contribution in [2.24, 2.45) is 0 Å². The zero-order chi connectivity index (χ0) is 14.0. The van der Waals surface area contributed by atoms with E-state index >= 15 is 0 Å². The molecule has 1 aromatic carbocycles. The lowest BCUT2D eigenvalue weighted by Crippen LogP contribution is -2.22. The summed E-state index contributed by atoms with van der Waals surface area (Å²) >= 11 is 6.37. The van der Waals surface area contributed by atoms with Crippen LogP contribution in [0.25, 0.3) is 11.0 Å². The maximum absolute atomic E-state index is 6.37. The van der Waals surface area contributed by atoms with Gasteiger partial charge in [0.25, 0.3) is 0 Å². The first-order valence-electron chi connectivity index (χ1n) is 6.97. The highest BCUT2D eigenvalue weighted by atomic mass is 35.5. The largest absolute Gasteiger partial charge is 0.459 e. The molecule has 0 atom stereocenters. The van der Waals surface area contributed by atoms with Crippen molar-refractivity contribution in [3.63, 3.8) is 0 Å². The highest BCUT2D eigenvalue weighted by Gasteiger charge is 2.17. The number of rotatable bonds is 5. The summed E-state index contributed by atoms with van der Waals surface area (Å²) in [4.78, 5) is 0. The van der Waals surface area contributed by atoms with Crippen LogP contribution in [0.3, 0.4) is 0 Å². The quantitative estimate of drug-likeness (QED) is 0.847. The lowest BCUT2D eigenvalue weighted by atomic mass is 10.0. The fraction of sp³-hybridized carbons (Fsp3) is 0.500. The Kier molecular flexibility index (Phi) is 4.54. The first kappa shape index (κ1) is 14.4. The number of hydrogen-bond acceptors (Lipinski definition) is 2. The van der Waals surface area contributed by atoms with Gasteiger partial charge in [0.1, 0.15) is 11.3 Å². The third-order valence-corrected chi connectivity index (χ3v) is 3.65. The van der Waals surface area contributed by atoms with E-state index in [0.717, 1.165) is 46.7 Å². The second-order valence-electron chi connectivity index (χ2n) is 5.36. The Hall–Kier alpha value is -0.990. The van der Waals surface area contributed by atoms with Gasteiger partial charge in [-0.05, 0) is 25.0 Å². The number of halogens is 1. The average Bonchev–Trinajstić information content (AvgIpc) is 2.72. The van der Waals surface area contributed by atoms with Crippen LogP contribution in [-0.4, -0.2) is 6.04 Å². The van der Waals surface area contributed by atoms with Crippen molar-refractivity contribution < 1.29 is 4.42 Å². The van der Waals surface area contributed by atoms with Gasteiger partial charge in [0.15, 0.2) is 0 Å². The van der Waals surface area contributed by atoms with Crippen LogP contribution in [0.1, 0.15) is 44.1 Å². The molecule has 2 nitrogen and oxygen atoms in total. The molecule has 2 aromatic rings. The summed E-state index contributed by atoms with van der Waals surface area (Å²) in [6.45, 7) is 9.29. The SMILES string of the molecule is CCCc1c(CNC(C)C)oc2c(C)ccc(Cl)c12. The second-order valence-corrected chi connectivity index (χ2v) is 5.77. The Labute approximate surface area is 120 Å². The predicted molar refractivity (Wildman–Crippen MR) is 81.9 cm³/mol. The molecule has 1 N–H and O–H groups in total. The standard InChI is InChI=1S/C16H22ClNO/c1-5-6-12-14(9-18-10(2)3)19-16-11(4)7-8-13(17)15(12)16/h7-8,10,18H,5-6,9H2,1-4H3. The van der Waals surface area contributed by atoms with Crippen molar-refractivity contribution in [2.45, 2.75) is 53.1 Å². The van der Waals surface area contributed by atoms with Gasteiger partial charge >= 0.3 is 0 Å². The van der Waals surface area contributed by atoms with E-state index in [1.807, 2.05) is 12.1 Å². The number of aryl methyl sites for hydroxylation is 2. The molecule has 1 heterocycles. The van der Waals surface area contributed by atoms with Crippen LogP contribution < -0.4 is 5.32 Å². The van der Waals surface area contributed by atoms with Crippen LogP contribution in [0.5, 0.6) is 0 Å². The number of hydrogen-bond donors (Lipinski definition) is 1. The minimum Gasteiger partial charge on any atom is -0.459 e. The van der Waals surface area contributed by atoms with Gasteiger partial charge < -0.3 is 9.73 Å². The minimum absolute atomic E-state index is 0.444. The Morgan fingerprint density at radius 3 is 2.68 bits per heavy atom. The molecule has 3 heteroatoms. The molecule has 0 aliphatic heterocycles. The topological polar surface area (TPSA) is 25.2 Å². The average molecular weight is 280 g/mol. The van der Waals surface area contributed by atoms with Crippen molar-refractivity contribution in [1.29, 1.82) is 0 Å². The van der Waals surface area contributed by atoms with E-state index in [-0.39, 0.29) is 0 Å². The molecule has 1 aromatic heterocycles. The molecule has 0 saturated carbocycles. The van der Waals surface area contributed by atoms with Gasteiger partial charge in [-0.25, -0.2) is 0 Å². The molecule has 0 amide bonds. The zero-order valence-corrected chi connectivity index (χ0v) is 12.9. The molecule has 0 aliphatic carbocycles. The Morgan fingerprint density at radius 2 is 2.05 bits per heavy atom. The van der Waals surface area contributed by atoms with Crippen molar-refractivity contribution in [3.8, 4) is 0 Å². The van der Waals surface area contributed by atoms with E-state index in [2.05, 4.69) is 33.0 Å².